The number of aromatic nitrogens is 1. The molecule has 136 valence electrons. The number of benzene rings is 1. The number of methoxy groups -OCH3 is 1. The van der Waals surface area contributed by atoms with E-state index in [4.69, 9.17) is 9.47 Å². The molecule has 1 unspecified atom stereocenters. The van der Waals surface area contributed by atoms with Gasteiger partial charge >= 0.3 is 6.03 Å². The lowest BCUT2D eigenvalue weighted by Crippen LogP contribution is -2.50. The fourth-order valence-corrected chi connectivity index (χ4v) is 3.54. The predicted molar refractivity (Wildman–Crippen MR) is 97.0 cm³/mol. The minimum Gasteiger partial charge on any atom is -0.497 e. The third-order valence-corrected chi connectivity index (χ3v) is 4.89. The second-order valence-corrected chi connectivity index (χ2v) is 6.64. The van der Waals surface area contributed by atoms with Gasteiger partial charge in [0.25, 0.3) is 5.56 Å². The molecule has 0 spiro atoms. The Morgan fingerprint density at radius 1 is 1.35 bits per heavy atom. The van der Waals surface area contributed by atoms with Gasteiger partial charge < -0.3 is 19.4 Å². The molecule has 1 N–H and O–H groups in total. The molecule has 0 aliphatic carbocycles. The van der Waals surface area contributed by atoms with Crippen LogP contribution in [0.25, 0.3) is 0 Å². The Labute approximate surface area is 151 Å². The van der Waals surface area contributed by atoms with Crippen molar-refractivity contribution in [1.29, 1.82) is 0 Å². The van der Waals surface area contributed by atoms with Crippen LogP contribution >= 0.6 is 0 Å². The summed E-state index contributed by atoms with van der Waals surface area (Å²) in [6, 6.07) is 7.24. The van der Waals surface area contributed by atoms with E-state index in [-0.39, 0.29) is 17.7 Å². The molecule has 2 amide bonds. The van der Waals surface area contributed by atoms with E-state index in [1.807, 2.05) is 31.2 Å². The Kier molecular flexibility index (Phi) is 4.06. The molecule has 7 nitrogen and oxygen atoms in total. The minimum atomic E-state index is -0.127. The molecule has 0 radical (unpaired) electrons. The zero-order valence-corrected chi connectivity index (χ0v) is 14.8. The minimum absolute atomic E-state index is 0.111. The van der Waals surface area contributed by atoms with Crippen molar-refractivity contribution in [3.63, 3.8) is 0 Å². The fraction of sp³-hybridized carbons (Fsp3) is 0.368. The summed E-state index contributed by atoms with van der Waals surface area (Å²) < 4.78 is 11.1. The van der Waals surface area contributed by atoms with Crippen molar-refractivity contribution in [2.24, 2.45) is 0 Å². The zero-order valence-electron chi connectivity index (χ0n) is 14.8. The number of amides is 2. The van der Waals surface area contributed by atoms with Crippen LogP contribution in [0.4, 0.5) is 10.5 Å². The van der Waals surface area contributed by atoms with Crippen LogP contribution in [0, 0.1) is 0 Å². The van der Waals surface area contributed by atoms with E-state index >= 15 is 0 Å². The maximum atomic E-state index is 13.2. The van der Waals surface area contributed by atoms with E-state index < -0.39 is 0 Å². The van der Waals surface area contributed by atoms with E-state index in [9.17, 15) is 9.59 Å². The number of aromatic amines is 1. The van der Waals surface area contributed by atoms with Gasteiger partial charge in [0, 0.05) is 24.4 Å². The molecule has 1 aromatic heterocycles. The van der Waals surface area contributed by atoms with Gasteiger partial charge in [0.05, 0.1) is 25.9 Å². The molecule has 0 bridgehead atoms. The standard InChI is InChI=1S/C19H21N3O4/c1-12-10-22(16-9-14(25-2)3-4-17(16)26-12)19(24)21-8-6-13-5-7-20-18(23)15(13)11-21/h3-5,7,9,12H,6,8,10-11H2,1-2H3,(H,20,23). The highest BCUT2D eigenvalue weighted by Crippen LogP contribution is 2.37. The molecule has 1 atom stereocenters. The molecule has 7 heteroatoms. The van der Waals surface area contributed by atoms with Crippen LogP contribution < -0.4 is 19.9 Å². The average Bonchev–Trinajstić information content (AvgIpc) is 2.66. The average molecular weight is 355 g/mol. The first-order valence-electron chi connectivity index (χ1n) is 8.67. The van der Waals surface area contributed by atoms with E-state index in [0.29, 0.717) is 48.8 Å². The summed E-state index contributed by atoms with van der Waals surface area (Å²) in [6.07, 6.45) is 2.22. The van der Waals surface area contributed by atoms with Crippen LogP contribution in [-0.2, 0) is 13.0 Å². The molecular weight excluding hydrogens is 334 g/mol. The van der Waals surface area contributed by atoms with Crippen LogP contribution in [0.2, 0.25) is 0 Å². The molecule has 4 rings (SSSR count). The predicted octanol–water partition coefficient (Wildman–Crippen LogP) is 2.15. The fourth-order valence-electron chi connectivity index (χ4n) is 3.54. The summed E-state index contributed by atoms with van der Waals surface area (Å²) in [4.78, 5) is 31.5. The monoisotopic (exact) mass is 355 g/mol. The SMILES string of the molecule is COc1ccc2c(c1)N(C(=O)N1CCc3cc[nH]c(=O)c3C1)CC(C)O2. The number of H-pyrrole nitrogens is 1. The summed E-state index contributed by atoms with van der Waals surface area (Å²) >= 11 is 0. The first kappa shape index (κ1) is 16.5. The quantitative estimate of drug-likeness (QED) is 0.851. The summed E-state index contributed by atoms with van der Waals surface area (Å²) in [5, 5.41) is 0. The molecule has 0 saturated heterocycles. The van der Waals surface area contributed by atoms with Gasteiger partial charge in [-0.3, -0.25) is 9.69 Å². The number of ether oxygens (including phenoxy) is 2. The maximum absolute atomic E-state index is 13.2. The highest BCUT2D eigenvalue weighted by molar-refractivity contribution is 5.94. The number of hydrogen-bond acceptors (Lipinski definition) is 4. The first-order chi connectivity index (χ1) is 12.6. The number of hydrogen-bond donors (Lipinski definition) is 1. The third kappa shape index (κ3) is 2.79. The number of carbonyl (C=O) groups excluding carboxylic acids is 1. The topological polar surface area (TPSA) is 74.9 Å². The number of urea groups is 1. The molecular formula is C19H21N3O4. The van der Waals surface area contributed by atoms with E-state index in [2.05, 4.69) is 4.98 Å². The van der Waals surface area contributed by atoms with E-state index in [1.165, 1.54) is 0 Å². The van der Waals surface area contributed by atoms with Gasteiger partial charge in [0.15, 0.2) is 0 Å². The lowest BCUT2D eigenvalue weighted by atomic mass is 10.0. The van der Waals surface area contributed by atoms with Crippen molar-refractivity contribution >= 4 is 11.7 Å². The molecule has 1 aromatic carbocycles. The normalized spacial score (nSPS) is 18.6. The van der Waals surface area contributed by atoms with Crippen molar-refractivity contribution in [3.05, 3.63) is 51.9 Å². The number of carbonyl (C=O) groups is 1. The maximum Gasteiger partial charge on any atom is 0.325 e. The second-order valence-electron chi connectivity index (χ2n) is 6.64. The number of rotatable bonds is 1. The Morgan fingerprint density at radius 3 is 3.00 bits per heavy atom. The Hall–Kier alpha value is -2.96. The lowest BCUT2D eigenvalue weighted by Gasteiger charge is -2.38. The van der Waals surface area contributed by atoms with Crippen LogP contribution in [0.1, 0.15) is 18.1 Å². The Bertz CT molecular complexity index is 908. The first-order valence-corrected chi connectivity index (χ1v) is 8.67. The molecule has 2 aliphatic rings. The number of nitrogens with zero attached hydrogens (tertiary/aromatic N) is 2. The zero-order chi connectivity index (χ0) is 18.3. The highest BCUT2D eigenvalue weighted by Gasteiger charge is 2.33. The number of pyridine rings is 1. The molecule has 0 fully saturated rings. The van der Waals surface area contributed by atoms with Gasteiger partial charge in [0.2, 0.25) is 0 Å². The van der Waals surface area contributed by atoms with Gasteiger partial charge in [-0.2, -0.15) is 0 Å². The Morgan fingerprint density at radius 2 is 2.19 bits per heavy atom. The largest absolute Gasteiger partial charge is 0.497 e. The van der Waals surface area contributed by atoms with Crippen LogP contribution in [0.3, 0.4) is 0 Å². The van der Waals surface area contributed by atoms with Crippen molar-refractivity contribution in [1.82, 2.24) is 9.88 Å². The Balaban J connectivity index is 1.65. The number of nitrogens with one attached hydrogen (secondary N) is 1. The van der Waals surface area contributed by atoms with Gasteiger partial charge in [-0.15, -0.1) is 0 Å². The second kappa shape index (κ2) is 6.40. The number of anilines is 1. The summed E-state index contributed by atoms with van der Waals surface area (Å²) in [7, 11) is 1.59. The summed E-state index contributed by atoms with van der Waals surface area (Å²) in [6.45, 7) is 3.28. The summed E-state index contributed by atoms with van der Waals surface area (Å²) in [5.41, 5.74) is 2.24. The van der Waals surface area contributed by atoms with Crippen LogP contribution in [0.15, 0.2) is 35.3 Å². The van der Waals surface area contributed by atoms with Gasteiger partial charge in [-0.25, -0.2) is 4.79 Å². The van der Waals surface area contributed by atoms with Crippen molar-refractivity contribution in [3.8, 4) is 11.5 Å². The lowest BCUT2D eigenvalue weighted by molar-refractivity contribution is 0.180. The highest BCUT2D eigenvalue weighted by atomic mass is 16.5. The van der Waals surface area contributed by atoms with Crippen LogP contribution in [0.5, 0.6) is 11.5 Å². The summed E-state index contributed by atoms with van der Waals surface area (Å²) in [5.74, 6) is 1.33. The number of fused-ring (bicyclic) bond motifs is 2. The van der Waals surface area contributed by atoms with Crippen LogP contribution in [-0.4, -0.2) is 42.2 Å². The van der Waals surface area contributed by atoms with Gasteiger partial charge in [0.1, 0.15) is 17.6 Å². The molecule has 2 aliphatic heterocycles. The molecule has 3 heterocycles. The van der Waals surface area contributed by atoms with Crippen molar-refractivity contribution in [2.45, 2.75) is 26.0 Å². The van der Waals surface area contributed by atoms with Crippen molar-refractivity contribution in [2.75, 3.05) is 25.1 Å². The van der Waals surface area contributed by atoms with E-state index in [1.54, 1.807) is 23.1 Å². The van der Waals surface area contributed by atoms with E-state index in [0.717, 1.165) is 5.56 Å². The molecule has 26 heavy (non-hydrogen) atoms. The third-order valence-electron chi connectivity index (χ3n) is 4.89. The molecule has 0 saturated carbocycles. The van der Waals surface area contributed by atoms with Crippen molar-refractivity contribution < 1.29 is 14.3 Å². The smallest absolute Gasteiger partial charge is 0.325 e. The van der Waals surface area contributed by atoms with Gasteiger partial charge in [-0.05, 0) is 37.1 Å². The van der Waals surface area contributed by atoms with Gasteiger partial charge in [-0.1, -0.05) is 0 Å². The molecule has 2 aromatic rings.